The van der Waals surface area contributed by atoms with Crippen molar-refractivity contribution in [2.24, 2.45) is 0 Å². The van der Waals surface area contributed by atoms with Crippen LogP contribution >= 0.6 is 11.3 Å². The Bertz CT molecular complexity index is 1120. The molecule has 2 aromatic rings. The van der Waals surface area contributed by atoms with E-state index >= 15 is 0 Å². The van der Waals surface area contributed by atoms with Crippen molar-refractivity contribution in [2.45, 2.75) is 38.6 Å². The molecule has 0 aliphatic heterocycles. The van der Waals surface area contributed by atoms with E-state index in [1.54, 1.807) is 11.3 Å². The summed E-state index contributed by atoms with van der Waals surface area (Å²) in [6.45, 7) is 18.1. The third-order valence-electron chi connectivity index (χ3n) is 5.83. The molecule has 2 atom stereocenters. The number of likely N-dealkylation sites (N-methyl/N-ethyl adjacent to an activating group) is 1. The lowest BCUT2D eigenvalue weighted by Crippen LogP contribution is -2.41. The number of benzene rings is 1. The summed E-state index contributed by atoms with van der Waals surface area (Å²) in [6, 6.07) is 10.9. The maximum atomic E-state index is 9.09. The molecule has 1 aliphatic carbocycles. The molecule has 0 fully saturated rings. The molecule has 1 aliphatic rings. The fourth-order valence-electron chi connectivity index (χ4n) is 3.61. The number of nitriles is 1. The van der Waals surface area contributed by atoms with Crippen LogP contribution in [0.25, 0.3) is 11.6 Å². The first-order valence-corrected chi connectivity index (χ1v) is 12.6. The highest BCUT2D eigenvalue weighted by Crippen LogP contribution is 2.42. The Morgan fingerprint density at radius 1 is 1.17 bits per heavy atom. The van der Waals surface area contributed by atoms with Crippen LogP contribution in [0, 0.1) is 24.2 Å². The number of thiophene rings is 1. The molecular weight excluding hydrogens is 458 g/mol. The van der Waals surface area contributed by atoms with Gasteiger partial charge in [-0.05, 0) is 87.6 Å². The molecule has 0 saturated carbocycles. The summed E-state index contributed by atoms with van der Waals surface area (Å²) in [6.07, 6.45) is 19.4. The van der Waals surface area contributed by atoms with Crippen molar-refractivity contribution >= 4 is 23.0 Å². The molecule has 0 radical (unpaired) electrons. The summed E-state index contributed by atoms with van der Waals surface area (Å²) in [7, 11) is 5.73. The van der Waals surface area contributed by atoms with Crippen LogP contribution in [-0.4, -0.2) is 21.1 Å². The van der Waals surface area contributed by atoms with Gasteiger partial charge in [0, 0.05) is 10.8 Å². The van der Waals surface area contributed by atoms with Crippen LogP contribution in [0.15, 0.2) is 79.3 Å². The van der Waals surface area contributed by atoms with Gasteiger partial charge >= 0.3 is 0 Å². The van der Waals surface area contributed by atoms with Crippen molar-refractivity contribution < 1.29 is 0 Å². The SMILES string of the molecule is C#C.C/C=C\C.C=CC(c1ccc2c(c1)C=CC2)[C@](C)(NC)c1cc(C(=C)C(=C)C#N)cs1.CNC. The summed E-state index contributed by atoms with van der Waals surface area (Å²) in [5, 5.41) is 17.4. The highest BCUT2D eigenvalue weighted by atomic mass is 32.1. The Hall–Kier alpha value is -3.41. The van der Waals surface area contributed by atoms with Gasteiger partial charge in [-0.2, -0.15) is 5.26 Å². The zero-order valence-electron chi connectivity index (χ0n) is 22.7. The van der Waals surface area contributed by atoms with E-state index in [0.717, 1.165) is 12.0 Å². The number of hydrogen-bond donors (Lipinski definition) is 2. The van der Waals surface area contributed by atoms with Gasteiger partial charge in [0.25, 0.3) is 0 Å². The van der Waals surface area contributed by atoms with Gasteiger partial charge in [0.2, 0.25) is 0 Å². The maximum Gasteiger partial charge on any atom is 0.0991 e. The van der Waals surface area contributed by atoms with E-state index in [0.29, 0.717) is 11.1 Å². The standard InChI is InChI=1S/C24H24N2S.C4H8.C2H7N.C2H2/c1-6-22(20-11-10-18-8-7-9-19(18)12-20)24(4,26-5)23-13-21(15-27-23)17(3)16(2)14-25;1-3-4-2;1-3-2;1-2/h6-7,9-13,15,22,26H,1-3,8H2,4-5H3;3-4H,1-2H3;3H,1-2H3;1-2H/b;4-3-;;/t22?,24-;;;/m0.../s1. The molecule has 3 rings (SSSR count). The normalized spacial score (nSPS) is 13.2. The minimum absolute atomic E-state index is 0.0979. The van der Waals surface area contributed by atoms with E-state index in [4.69, 9.17) is 5.26 Å². The van der Waals surface area contributed by atoms with Crippen molar-refractivity contribution in [3.05, 3.63) is 106 Å². The zero-order valence-corrected chi connectivity index (χ0v) is 23.5. The number of fused-ring (bicyclic) bond motifs is 1. The van der Waals surface area contributed by atoms with E-state index in [2.05, 4.69) is 92.6 Å². The molecule has 0 saturated heterocycles. The van der Waals surface area contributed by atoms with E-state index in [1.165, 1.54) is 21.6 Å². The van der Waals surface area contributed by atoms with Crippen LogP contribution in [0.3, 0.4) is 0 Å². The number of nitrogens with one attached hydrogen (secondary N) is 2. The lowest BCUT2D eigenvalue weighted by Gasteiger charge is -2.36. The van der Waals surface area contributed by atoms with Crippen LogP contribution < -0.4 is 10.6 Å². The second kappa shape index (κ2) is 17.1. The molecule has 0 spiro atoms. The monoisotopic (exact) mass is 499 g/mol. The Labute approximate surface area is 223 Å². The van der Waals surface area contributed by atoms with Crippen LogP contribution in [0.4, 0.5) is 0 Å². The summed E-state index contributed by atoms with van der Waals surface area (Å²) < 4.78 is 0. The average molecular weight is 500 g/mol. The minimum Gasteiger partial charge on any atom is -0.323 e. The molecule has 4 heteroatoms. The highest BCUT2D eigenvalue weighted by molar-refractivity contribution is 7.10. The van der Waals surface area contributed by atoms with Gasteiger partial charge in [0.05, 0.1) is 17.2 Å². The Balaban J connectivity index is 0.00000119. The molecule has 3 nitrogen and oxygen atoms in total. The third kappa shape index (κ3) is 8.36. The summed E-state index contributed by atoms with van der Waals surface area (Å²) in [5.74, 6) is 0.0979. The zero-order chi connectivity index (χ0) is 27.7. The quantitative estimate of drug-likeness (QED) is 0.180. The molecule has 1 aromatic heterocycles. The Morgan fingerprint density at radius 3 is 2.28 bits per heavy atom. The van der Waals surface area contributed by atoms with Crippen LogP contribution in [0.5, 0.6) is 0 Å². The smallest absolute Gasteiger partial charge is 0.0991 e. The van der Waals surface area contributed by atoms with Crippen molar-refractivity contribution in [3.63, 3.8) is 0 Å². The van der Waals surface area contributed by atoms with Crippen LogP contribution in [0.2, 0.25) is 0 Å². The number of terminal acetylenes is 1. The average Bonchev–Trinajstić information content (AvgIpc) is 3.60. The largest absolute Gasteiger partial charge is 0.323 e. The molecule has 0 amide bonds. The minimum atomic E-state index is -0.324. The summed E-state index contributed by atoms with van der Waals surface area (Å²) in [5.41, 5.74) is 5.61. The Kier molecular flexibility index (Phi) is 15.5. The van der Waals surface area contributed by atoms with Crippen molar-refractivity contribution in [1.29, 1.82) is 5.26 Å². The van der Waals surface area contributed by atoms with E-state index in [1.807, 2.05) is 58.6 Å². The molecule has 0 bridgehead atoms. The topological polar surface area (TPSA) is 47.9 Å². The first-order valence-electron chi connectivity index (χ1n) is 11.7. The highest BCUT2D eigenvalue weighted by Gasteiger charge is 2.35. The third-order valence-corrected chi connectivity index (χ3v) is 7.00. The first-order chi connectivity index (χ1) is 17.3. The number of nitrogens with zero attached hydrogens (tertiary/aromatic N) is 1. The van der Waals surface area contributed by atoms with Gasteiger partial charge in [0.15, 0.2) is 0 Å². The van der Waals surface area contributed by atoms with Crippen molar-refractivity contribution in [3.8, 4) is 18.9 Å². The van der Waals surface area contributed by atoms with Gasteiger partial charge in [-0.3, -0.25) is 0 Å². The van der Waals surface area contributed by atoms with Gasteiger partial charge in [-0.15, -0.1) is 30.8 Å². The van der Waals surface area contributed by atoms with E-state index < -0.39 is 0 Å². The summed E-state index contributed by atoms with van der Waals surface area (Å²) in [4.78, 5) is 1.17. The fourth-order valence-corrected chi connectivity index (χ4v) is 4.74. The first kappa shape index (κ1) is 32.6. The van der Waals surface area contributed by atoms with Crippen LogP contribution in [0.1, 0.15) is 53.8 Å². The molecule has 1 unspecified atom stereocenters. The van der Waals surface area contributed by atoms with Crippen molar-refractivity contribution in [1.82, 2.24) is 10.6 Å². The fraction of sp³-hybridized carbons (Fsp3) is 0.281. The maximum absolute atomic E-state index is 9.09. The van der Waals surface area contributed by atoms with Crippen LogP contribution in [-0.2, 0) is 12.0 Å². The van der Waals surface area contributed by atoms with E-state index in [9.17, 15) is 0 Å². The Morgan fingerprint density at radius 2 is 1.78 bits per heavy atom. The lowest BCUT2D eigenvalue weighted by atomic mass is 9.78. The van der Waals surface area contributed by atoms with Gasteiger partial charge in [-0.1, -0.05) is 61.7 Å². The number of allylic oxidation sites excluding steroid dienone is 5. The molecule has 2 N–H and O–H groups in total. The number of rotatable bonds is 7. The number of hydrogen-bond acceptors (Lipinski definition) is 4. The molecule has 36 heavy (non-hydrogen) atoms. The second-order valence-electron chi connectivity index (χ2n) is 8.17. The van der Waals surface area contributed by atoms with Gasteiger partial charge in [-0.25, -0.2) is 0 Å². The van der Waals surface area contributed by atoms with E-state index in [-0.39, 0.29) is 11.5 Å². The molecule has 1 aromatic carbocycles. The second-order valence-corrected chi connectivity index (χ2v) is 9.08. The lowest BCUT2D eigenvalue weighted by molar-refractivity contribution is 0.367. The molecular formula is C32H41N3S. The predicted octanol–water partition coefficient (Wildman–Crippen LogP) is 7.48. The molecule has 1 heterocycles. The predicted molar refractivity (Wildman–Crippen MR) is 162 cm³/mol. The van der Waals surface area contributed by atoms with Crippen molar-refractivity contribution in [2.75, 3.05) is 21.1 Å². The summed E-state index contributed by atoms with van der Waals surface area (Å²) >= 11 is 1.67. The molecule has 190 valence electrons. The van der Waals surface area contributed by atoms with Gasteiger partial charge < -0.3 is 10.6 Å². The van der Waals surface area contributed by atoms with Gasteiger partial charge in [0.1, 0.15) is 0 Å².